The van der Waals surface area contributed by atoms with E-state index in [0.29, 0.717) is 16.2 Å². The molecule has 1 N–H and O–H groups in total. The smallest absolute Gasteiger partial charge is 0.372 e. The van der Waals surface area contributed by atoms with Crippen LogP contribution in [0.4, 0.5) is 5.69 Å². The van der Waals surface area contributed by atoms with E-state index in [2.05, 4.69) is 36.4 Å². The molecule has 1 saturated carbocycles. The Hall–Kier alpha value is -1.50. The van der Waals surface area contributed by atoms with Crippen LogP contribution in [-0.2, 0) is 4.84 Å². The second-order valence-electron chi connectivity index (χ2n) is 4.48. The molecule has 1 fully saturated rings. The molecule has 0 unspecified atom stereocenters. The molecule has 0 aliphatic heterocycles. The van der Waals surface area contributed by atoms with Crippen molar-refractivity contribution in [2.24, 2.45) is 5.34 Å². The zero-order chi connectivity index (χ0) is 13.7. The number of hydrogen-bond acceptors (Lipinski definition) is 6. The van der Waals surface area contributed by atoms with Gasteiger partial charge in [-0.3, -0.25) is 9.82 Å². The van der Waals surface area contributed by atoms with E-state index in [-0.39, 0.29) is 5.56 Å². The van der Waals surface area contributed by atoms with Crippen LogP contribution in [0.5, 0.6) is 0 Å². The first-order chi connectivity index (χ1) is 9.22. The Morgan fingerprint density at radius 3 is 2.79 bits per heavy atom. The molecule has 7 heteroatoms. The maximum atomic E-state index is 11.7. The van der Waals surface area contributed by atoms with Gasteiger partial charge >= 0.3 is 5.97 Å². The Morgan fingerprint density at radius 2 is 2.11 bits per heavy atom. The van der Waals surface area contributed by atoms with Crippen molar-refractivity contribution in [3.8, 4) is 0 Å². The van der Waals surface area contributed by atoms with E-state index < -0.39 is 5.97 Å². The minimum Gasteiger partial charge on any atom is -0.380 e. The Morgan fingerprint density at radius 1 is 1.37 bits per heavy atom. The number of nitrogens with one attached hydrogen (secondary N) is 1. The minimum atomic E-state index is -0.789. The lowest BCUT2D eigenvalue weighted by atomic mass is 9.95. The van der Waals surface area contributed by atoms with Crippen LogP contribution in [0.15, 0.2) is 22.2 Å². The summed E-state index contributed by atoms with van der Waals surface area (Å²) in [4.78, 5) is 30.0. The van der Waals surface area contributed by atoms with Gasteiger partial charge in [0.2, 0.25) is 0 Å². The molecule has 0 spiro atoms. The van der Waals surface area contributed by atoms with Crippen molar-refractivity contribution >= 4 is 27.6 Å². The van der Waals surface area contributed by atoms with E-state index in [1.54, 1.807) is 6.20 Å². The minimum absolute atomic E-state index is 0.250. The predicted octanol–water partition coefficient (Wildman–Crippen LogP) is 3.43. The second-order valence-corrected chi connectivity index (χ2v) is 5.33. The van der Waals surface area contributed by atoms with Crippen molar-refractivity contribution in [1.82, 2.24) is 4.98 Å². The number of halogens is 1. The summed E-state index contributed by atoms with van der Waals surface area (Å²) in [6.45, 7) is 0. The van der Waals surface area contributed by atoms with E-state index in [0.717, 1.165) is 12.8 Å². The highest BCUT2D eigenvalue weighted by molar-refractivity contribution is 9.10. The van der Waals surface area contributed by atoms with E-state index in [4.69, 9.17) is 0 Å². The van der Waals surface area contributed by atoms with Crippen LogP contribution in [0, 0.1) is 4.91 Å². The molecule has 19 heavy (non-hydrogen) atoms. The fourth-order valence-corrected chi connectivity index (χ4v) is 2.79. The third kappa shape index (κ3) is 3.50. The fraction of sp³-hybridized carbons (Fsp3) is 0.500. The van der Waals surface area contributed by atoms with E-state index in [1.807, 2.05) is 0 Å². The SMILES string of the molecule is O=NOC(=O)c1c(Br)cncc1NC1CCCCC1. The maximum absolute atomic E-state index is 11.7. The second kappa shape index (κ2) is 6.60. The summed E-state index contributed by atoms with van der Waals surface area (Å²) in [7, 11) is 0. The zero-order valence-corrected chi connectivity index (χ0v) is 11.9. The summed E-state index contributed by atoms with van der Waals surface area (Å²) in [5.41, 5.74) is 0.815. The van der Waals surface area contributed by atoms with Crippen molar-refractivity contribution in [3.63, 3.8) is 0 Å². The molecule has 1 aliphatic carbocycles. The summed E-state index contributed by atoms with van der Waals surface area (Å²) in [5.74, 6) is -0.789. The monoisotopic (exact) mass is 327 g/mol. The zero-order valence-electron chi connectivity index (χ0n) is 10.3. The summed E-state index contributed by atoms with van der Waals surface area (Å²) < 4.78 is 0.474. The average molecular weight is 328 g/mol. The maximum Gasteiger partial charge on any atom is 0.372 e. The standard InChI is InChI=1S/C12H14BrN3O3/c13-9-6-14-7-10(11(9)12(17)19-16-18)15-8-4-2-1-3-5-8/h6-8,15H,1-5H2. The van der Waals surface area contributed by atoms with E-state index in [9.17, 15) is 9.70 Å². The third-order valence-corrected chi connectivity index (χ3v) is 3.79. The first-order valence-electron chi connectivity index (χ1n) is 6.16. The quantitative estimate of drug-likeness (QED) is 0.676. The summed E-state index contributed by atoms with van der Waals surface area (Å²) >= 11 is 3.24. The first kappa shape index (κ1) is 13.9. The highest BCUT2D eigenvalue weighted by Gasteiger charge is 2.21. The van der Waals surface area contributed by atoms with Gasteiger partial charge in [0.1, 0.15) is 5.56 Å². The summed E-state index contributed by atoms with van der Waals surface area (Å²) in [6, 6.07) is 0.320. The van der Waals surface area contributed by atoms with Gasteiger partial charge in [-0.25, -0.2) is 4.79 Å². The molecular formula is C12H14BrN3O3. The predicted molar refractivity (Wildman–Crippen MR) is 73.6 cm³/mol. The largest absolute Gasteiger partial charge is 0.380 e. The van der Waals surface area contributed by atoms with Gasteiger partial charge in [0.15, 0.2) is 5.34 Å². The van der Waals surface area contributed by atoms with Gasteiger partial charge in [0.05, 0.1) is 16.4 Å². The molecule has 0 atom stereocenters. The van der Waals surface area contributed by atoms with E-state index in [1.165, 1.54) is 25.5 Å². The number of hydrogen-bond donors (Lipinski definition) is 1. The molecule has 1 aromatic rings. The lowest BCUT2D eigenvalue weighted by Gasteiger charge is -2.24. The molecule has 1 aliphatic rings. The number of nitrogens with zero attached hydrogens (tertiary/aromatic N) is 2. The Bertz CT molecular complexity index is 475. The average Bonchev–Trinajstić information content (AvgIpc) is 2.40. The molecule has 0 amide bonds. The van der Waals surface area contributed by atoms with Crippen molar-refractivity contribution in [1.29, 1.82) is 0 Å². The molecule has 2 rings (SSSR count). The van der Waals surface area contributed by atoms with Gasteiger partial charge in [-0.15, -0.1) is 4.91 Å². The van der Waals surface area contributed by atoms with Crippen LogP contribution in [-0.4, -0.2) is 17.0 Å². The highest BCUT2D eigenvalue weighted by atomic mass is 79.9. The van der Waals surface area contributed by atoms with Gasteiger partial charge in [0, 0.05) is 12.2 Å². The number of anilines is 1. The molecule has 6 nitrogen and oxygen atoms in total. The Kier molecular flexibility index (Phi) is 4.84. The number of carbonyl (C=O) groups excluding carboxylic acids is 1. The normalized spacial score (nSPS) is 15.8. The molecule has 102 valence electrons. The number of pyridine rings is 1. The van der Waals surface area contributed by atoms with Crippen LogP contribution >= 0.6 is 15.9 Å². The number of aromatic nitrogens is 1. The van der Waals surface area contributed by atoms with Gasteiger partial charge in [-0.05, 0) is 28.8 Å². The summed E-state index contributed by atoms with van der Waals surface area (Å²) in [5, 5.41) is 5.47. The summed E-state index contributed by atoms with van der Waals surface area (Å²) in [6.07, 6.45) is 8.76. The lowest BCUT2D eigenvalue weighted by Crippen LogP contribution is -2.24. The fourth-order valence-electron chi connectivity index (χ4n) is 2.30. The topological polar surface area (TPSA) is 80.7 Å². The van der Waals surface area contributed by atoms with Crippen molar-refractivity contribution < 1.29 is 9.63 Å². The number of rotatable bonds is 4. The van der Waals surface area contributed by atoms with Crippen molar-refractivity contribution in [2.45, 2.75) is 38.1 Å². The molecule has 0 radical (unpaired) electrons. The molecule has 1 aromatic heterocycles. The highest BCUT2D eigenvalue weighted by Crippen LogP contribution is 2.28. The van der Waals surface area contributed by atoms with E-state index >= 15 is 0 Å². The molecule has 0 aromatic carbocycles. The number of carbonyl (C=O) groups is 1. The molecular weight excluding hydrogens is 314 g/mol. The lowest BCUT2D eigenvalue weighted by molar-refractivity contribution is 0.0508. The van der Waals surface area contributed by atoms with Gasteiger partial charge in [-0.1, -0.05) is 19.3 Å². The Labute approximate surface area is 119 Å². The molecule has 0 bridgehead atoms. The Balaban J connectivity index is 2.21. The van der Waals surface area contributed by atoms with Crippen molar-refractivity contribution in [2.75, 3.05) is 5.32 Å². The first-order valence-corrected chi connectivity index (χ1v) is 6.95. The van der Waals surface area contributed by atoms with Crippen LogP contribution < -0.4 is 5.32 Å². The molecule has 1 heterocycles. The van der Waals surface area contributed by atoms with Gasteiger partial charge in [-0.2, -0.15) is 0 Å². The van der Waals surface area contributed by atoms with Gasteiger partial charge in [0.25, 0.3) is 0 Å². The van der Waals surface area contributed by atoms with Crippen LogP contribution in [0.25, 0.3) is 0 Å². The van der Waals surface area contributed by atoms with Crippen LogP contribution in [0.3, 0.4) is 0 Å². The van der Waals surface area contributed by atoms with Gasteiger partial charge < -0.3 is 5.32 Å². The van der Waals surface area contributed by atoms with Crippen molar-refractivity contribution in [3.05, 3.63) is 27.3 Å². The molecule has 0 saturated heterocycles. The van der Waals surface area contributed by atoms with Crippen LogP contribution in [0.1, 0.15) is 42.5 Å². The van der Waals surface area contributed by atoms with Crippen LogP contribution in [0.2, 0.25) is 0 Å². The third-order valence-electron chi connectivity index (χ3n) is 3.19.